The van der Waals surface area contributed by atoms with Gasteiger partial charge in [0.15, 0.2) is 0 Å². The first-order valence-corrected chi connectivity index (χ1v) is 5.93. The number of ether oxygens (including phenoxy) is 1. The third kappa shape index (κ3) is 3.16. The lowest BCUT2D eigenvalue weighted by atomic mass is 10.1. The Morgan fingerprint density at radius 2 is 2.18 bits per heavy atom. The number of hydrogen-bond donors (Lipinski definition) is 1. The molecule has 90 valence electrons. The van der Waals surface area contributed by atoms with Gasteiger partial charge in [-0.1, -0.05) is 29.8 Å². The average molecular weight is 251 g/mol. The fourth-order valence-electron chi connectivity index (χ4n) is 1.66. The fourth-order valence-corrected chi connectivity index (χ4v) is 1.87. The van der Waals surface area contributed by atoms with Crippen molar-refractivity contribution in [3.8, 4) is 0 Å². The molecule has 0 saturated carbocycles. The first-order chi connectivity index (χ1) is 8.31. The van der Waals surface area contributed by atoms with Gasteiger partial charge >= 0.3 is 0 Å². The van der Waals surface area contributed by atoms with Crippen LogP contribution in [-0.4, -0.2) is 25.2 Å². The highest BCUT2D eigenvalue weighted by atomic mass is 35.5. The van der Waals surface area contributed by atoms with Crippen molar-refractivity contribution in [1.29, 1.82) is 0 Å². The van der Waals surface area contributed by atoms with E-state index >= 15 is 0 Å². The topological polar surface area (TPSA) is 34.1 Å². The van der Waals surface area contributed by atoms with E-state index in [1.54, 1.807) is 7.11 Å². The molecule has 0 bridgehead atoms. The molecule has 0 atom stereocenters. The first-order valence-electron chi connectivity index (χ1n) is 5.55. The van der Waals surface area contributed by atoms with Crippen molar-refractivity contribution >= 4 is 22.5 Å². The third-order valence-corrected chi connectivity index (χ3v) is 2.88. The molecule has 0 aliphatic carbocycles. The largest absolute Gasteiger partial charge is 0.383 e. The Morgan fingerprint density at radius 3 is 3.00 bits per heavy atom. The maximum atomic E-state index is 6.13. The van der Waals surface area contributed by atoms with Gasteiger partial charge in [-0.15, -0.1) is 0 Å². The summed E-state index contributed by atoms with van der Waals surface area (Å²) in [5, 5.41) is 4.93. The molecule has 0 aliphatic heterocycles. The molecule has 0 fully saturated rings. The Kier molecular flexibility index (Phi) is 4.31. The predicted molar refractivity (Wildman–Crippen MR) is 70.3 cm³/mol. The summed E-state index contributed by atoms with van der Waals surface area (Å²) in [6.07, 6.45) is 0. The summed E-state index contributed by atoms with van der Waals surface area (Å²) in [6.45, 7) is 2.21. The minimum atomic E-state index is 0.564. The Labute approximate surface area is 106 Å². The van der Waals surface area contributed by atoms with Crippen LogP contribution < -0.4 is 5.32 Å². The van der Waals surface area contributed by atoms with E-state index in [1.807, 2.05) is 24.3 Å². The maximum Gasteiger partial charge on any atom is 0.134 e. The number of methoxy groups -OCH3 is 1. The summed E-state index contributed by atoms with van der Waals surface area (Å²) in [4.78, 5) is 4.37. The Morgan fingerprint density at radius 1 is 1.35 bits per heavy atom. The Hall–Kier alpha value is -1.16. The molecule has 0 spiro atoms. The molecule has 2 rings (SSSR count). The molecule has 4 heteroatoms. The second-order valence-electron chi connectivity index (χ2n) is 3.80. The smallest absolute Gasteiger partial charge is 0.134 e. The van der Waals surface area contributed by atoms with Crippen molar-refractivity contribution in [2.24, 2.45) is 0 Å². The summed E-state index contributed by atoms with van der Waals surface area (Å²) < 4.78 is 4.97. The van der Waals surface area contributed by atoms with E-state index in [9.17, 15) is 0 Å². The number of fused-ring (bicyclic) bond motifs is 1. The highest BCUT2D eigenvalue weighted by molar-refractivity contribution is 6.30. The lowest BCUT2D eigenvalue weighted by molar-refractivity contribution is 0.199. The Balaban J connectivity index is 2.14. The van der Waals surface area contributed by atoms with Crippen LogP contribution in [0.15, 0.2) is 30.3 Å². The number of benzene rings is 1. The molecule has 0 amide bonds. The third-order valence-electron chi connectivity index (χ3n) is 2.55. The molecule has 17 heavy (non-hydrogen) atoms. The van der Waals surface area contributed by atoms with Gasteiger partial charge in [0.25, 0.3) is 0 Å². The zero-order chi connectivity index (χ0) is 12.1. The molecular formula is C13H15ClN2O. The molecule has 2 aromatic rings. The van der Waals surface area contributed by atoms with Crippen LogP contribution in [-0.2, 0) is 11.3 Å². The maximum absolute atomic E-state index is 6.13. The molecule has 3 nitrogen and oxygen atoms in total. The molecule has 0 aliphatic rings. The first kappa shape index (κ1) is 12.3. The van der Waals surface area contributed by atoms with E-state index in [0.717, 1.165) is 23.0 Å². The van der Waals surface area contributed by atoms with Gasteiger partial charge in [-0.3, -0.25) is 0 Å². The second kappa shape index (κ2) is 5.96. The number of pyridine rings is 1. The van der Waals surface area contributed by atoms with Crippen LogP contribution in [0, 0.1) is 0 Å². The number of rotatable bonds is 5. The van der Waals surface area contributed by atoms with Gasteiger partial charge in [0.05, 0.1) is 12.1 Å². The van der Waals surface area contributed by atoms with Gasteiger partial charge in [0.2, 0.25) is 0 Å². The number of nitrogens with one attached hydrogen (secondary N) is 1. The molecule has 1 N–H and O–H groups in total. The second-order valence-corrected chi connectivity index (χ2v) is 4.16. The molecule has 1 aromatic carbocycles. The van der Waals surface area contributed by atoms with Gasteiger partial charge in [0, 0.05) is 31.1 Å². The van der Waals surface area contributed by atoms with E-state index < -0.39 is 0 Å². The van der Waals surface area contributed by atoms with Gasteiger partial charge in [-0.05, 0) is 12.1 Å². The molecule has 0 radical (unpaired) electrons. The normalized spacial score (nSPS) is 10.9. The van der Waals surface area contributed by atoms with Crippen molar-refractivity contribution in [2.75, 3.05) is 20.3 Å². The number of para-hydroxylation sites is 1. The molecule has 0 unspecified atom stereocenters. The van der Waals surface area contributed by atoms with Gasteiger partial charge in [0.1, 0.15) is 5.15 Å². The van der Waals surface area contributed by atoms with E-state index in [2.05, 4.69) is 16.4 Å². The number of aromatic nitrogens is 1. The lowest BCUT2D eigenvalue weighted by Crippen LogP contribution is -2.18. The summed E-state index contributed by atoms with van der Waals surface area (Å²) in [7, 11) is 1.69. The van der Waals surface area contributed by atoms with Gasteiger partial charge < -0.3 is 10.1 Å². The van der Waals surface area contributed by atoms with Crippen molar-refractivity contribution in [2.45, 2.75) is 6.54 Å². The minimum absolute atomic E-state index is 0.564. The minimum Gasteiger partial charge on any atom is -0.383 e. The molecular weight excluding hydrogens is 236 g/mol. The summed E-state index contributed by atoms with van der Waals surface area (Å²) in [6, 6.07) is 10.0. The van der Waals surface area contributed by atoms with Crippen LogP contribution in [0.25, 0.3) is 10.9 Å². The van der Waals surface area contributed by atoms with Crippen LogP contribution in [0.5, 0.6) is 0 Å². The standard InChI is InChI=1S/C13H15ClN2O/c1-17-7-6-15-9-11-8-10-4-2-3-5-12(10)16-13(11)14/h2-5,8,15H,6-7,9H2,1H3. The van der Waals surface area contributed by atoms with Crippen LogP contribution >= 0.6 is 11.6 Å². The SMILES string of the molecule is COCCNCc1cc2ccccc2nc1Cl. The zero-order valence-corrected chi connectivity index (χ0v) is 10.5. The predicted octanol–water partition coefficient (Wildman–Crippen LogP) is 2.62. The highest BCUT2D eigenvalue weighted by Gasteiger charge is 2.03. The Bertz CT molecular complexity index is 502. The van der Waals surface area contributed by atoms with E-state index in [0.29, 0.717) is 18.3 Å². The van der Waals surface area contributed by atoms with E-state index in [1.165, 1.54) is 0 Å². The summed E-state index contributed by atoms with van der Waals surface area (Å²) in [5.74, 6) is 0. The van der Waals surface area contributed by atoms with Crippen LogP contribution in [0.1, 0.15) is 5.56 Å². The van der Waals surface area contributed by atoms with Crippen LogP contribution in [0.4, 0.5) is 0 Å². The highest BCUT2D eigenvalue weighted by Crippen LogP contribution is 2.20. The monoisotopic (exact) mass is 250 g/mol. The van der Waals surface area contributed by atoms with Crippen molar-refractivity contribution in [3.05, 3.63) is 41.0 Å². The number of hydrogen-bond acceptors (Lipinski definition) is 3. The summed E-state index contributed by atoms with van der Waals surface area (Å²) >= 11 is 6.13. The fraction of sp³-hybridized carbons (Fsp3) is 0.308. The van der Waals surface area contributed by atoms with Gasteiger partial charge in [-0.25, -0.2) is 4.98 Å². The lowest BCUT2D eigenvalue weighted by Gasteiger charge is -2.07. The van der Waals surface area contributed by atoms with Crippen molar-refractivity contribution < 1.29 is 4.74 Å². The molecule has 1 heterocycles. The van der Waals surface area contributed by atoms with Gasteiger partial charge in [-0.2, -0.15) is 0 Å². The molecule has 0 saturated heterocycles. The van der Waals surface area contributed by atoms with Crippen molar-refractivity contribution in [3.63, 3.8) is 0 Å². The zero-order valence-electron chi connectivity index (χ0n) is 9.74. The summed E-state index contributed by atoms with van der Waals surface area (Å²) in [5.41, 5.74) is 1.94. The number of nitrogens with zero attached hydrogens (tertiary/aromatic N) is 1. The van der Waals surface area contributed by atoms with E-state index in [-0.39, 0.29) is 0 Å². The van der Waals surface area contributed by atoms with Crippen LogP contribution in [0.2, 0.25) is 5.15 Å². The average Bonchev–Trinajstić information content (AvgIpc) is 2.35. The number of halogens is 1. The van der Waals surface area contributed by atoms with Crippen molar-refractivity contribution in [1.82, 2.24) is 10.3 Å². The quantitative estimate of drug-likeness (QED) is 0.654. The van der Waals surface area contributed by atoms with E-state index in [4.69, 9.17) is 16.3 Å². The molecule has 1 aromatic heterocycles. The van der Waals surface area contributed by atoms with Crippen LogP contribution in [0.3, 0.4) is 0 Å².